The van der Waals surface area contributed by atoms with Crippen LogP contribution < -0.4 is 4.74 Å². The van der Waals surface area contributed by atoms with Crippen LogP contribution in [0.15, 0.2) is 40.8 Å². The average Bonchev–Trinajstić information content (AvgIpc) is 2.74. The van der Waals surface area contributed by atoms with Crippen molar-refractivity contribution in [2.24, 2.45) is 0 Å². The van der Waals surface area contributed by atoms with Gasteiger partial charge in [0.05, 0.1) is 7.11 Å². The molecule has 0 aliphatic rings. The summed E-state index contributed by atoms with van der Waals surface area (Å²) in [4.78, 5) is 3.21. The lowest BCUT2D eigenvalue weighted by molar-refractivity contribution is 0.417. The van der Waals surface area contributed by atoms with E-state index >= 15 is 0 Å². The molecule has 1 heterocycles. The number of furan rings is 1. The molecule has 0 unspecified atom stereocenters. The van der Waals surface area contributed by atoms with E-state index in [-0.39, 0.29) is 0 Å². The van der Waals surface area contributed by atoms with Gasteiger partial charge in [-0.2, -0.15) is 0 Å². The van der Waals surface area contributed by atoms with E-state index in [1.807, 2.05) is 24.3 Å². The quantitative estimate of drug-likeness (QED) is 0.586. The van der Waals surface area contributed by atoms with Gasteiger partial charge in [0.1, 0.15) is 11.2 Å². The van der Waals surface area contributed by atoms with Gasteiger partial charge < -0.3 is 9.15 Å². The number of hydrogen-bond acceptors (Lipinski definition) is 3. The van der Waals surface area contributed by atoms with Gasteiger partial charge in [-0.1, -0.05) is 18.2 Å². The first-order chi connectivity index (χ1) is 8.33. The van der Waals surface area contributed by atoms with Crippen LogP contribution in [0.3, 0.4) is 0 Å². The van der Waals surface area contributed by atoms with E-state index < -0.39 is 0 Å². The molecule has 0 spiro atoms. The first-order valence-electron chi connectivity index (χ1n) is 5.18. The molecule has 17 heavy (non-hydrogen) atoms. The minimum Gasteiger partial charge on any atom is -0.489 e. The molecule has 0 saturated carbocycles. The lowest BCUT2D eigenvalue weighted by atomic mass is 10.1. The second-order valence-electron chi connectivity index (χ2n) is 3.72. The van der Waals surface area contributed by atoms with Gasteiger partial charge >= 0.3 is 5.69 Å². The summed E-state index contributed by atoms with van der Waals surface area (Å²) in [7, 11) is 1.53. The number of para-hydroxylation sites is 1. The highest BCUT2D eigenvalue weighted by Crippen LogP contribution is 2.37. The second-order valence-corrected chi connectivity index (χ2v) is 3.72. The van der Waals surface area contributed by atoms with E-state index in [9.17, 15) is 0 Å². The monoisotopic (exact) mass is 225 g/mol. The lowest BCUT2D eigenvalue weighted by Crippen LogP contribution is -1.81. The van der Waals surface area contributed by atoms with Crippen molar-refractivity contribution in [3.63, 3.8) is 0 Å². The topological polar surface area (TPSA) is 50.5 Å². The summed E-state index contributed by atoms with van der Waals surface area (Å²) in [6.45, 7) is 0. The van der Waals surface area contributed by atoms with Crippen LogP contribution in [0.2, 0.25) is 0 Å². The van der Waals surface area contributed by atoms with Crippen LogP contribution in [0.5, 0.6) is 5.75 Å². The maximum Gasteiger partial charge on any atom is 0.427 e. The predicted octanol–water partition coefficient (Wildman–Crippen LogP) is 4.08. The van der Waals surface area contributed by atoms with E-state index in [1.54, 1.807) is 12.1 Å². The van der Waals surface area contributed by atoms with Crippen molar-refractivity contribution in [1.82, 2.24) is 0 Å². The fourth-order valence-corrected chi connectivity index (χ4v) is 1.98. The Morgan fingerprint density at radius 1 is 1.12 bits per heavy atom. The predicted molar refractivity (Wildman–Crippen MR) is 65.0 cm³/mol. The molecule has 0 bridgehead atoms. The van der Waals surface area contributed by atoms with Gasteiger partial charge in [-0.05, 0) is 6.07 Å². The molecule has 4 heteroatoms. The fourth-order valence-electron chi connectivity index (χ4n) is 1.98. The van der Waals surface area contributed by atoms with E-state index in [1.165, 1.54) is 7.11 Å². The molecule has 0 fully saturated rings. The summed E-state index contributed by atoms with van der Waals surface area (Å²) >= 11 is 0. The van der Waals surface area contributed by atoms with Crippen LogP contribution in [0.1, 0.15) is 0 Å². The number of hydrogen-bond donors (Lipinski definition) is 0. The maximum atomic E-state index is 8.93. The number of methoxy groups -OCH3 is 1. The SMILES string of the molecule is COc1cc2oc3ccccc3c2cc1[N+]#N. The summed E-state index contributed by atoms with van der Waals surface area (Å²) in [6.07, 6.45) is 0. The minimum atomic E-state index is 0.395. The maximum absolute atomic E-state index is 8.93. The normalized spacial score (nSPS) is 10.6. The molecule has 3 aromatic rings. The molecular formula is C13H9N2O2+. The van der Waals surface area contributed by atoms with Gasteiger partial charge in [-0.3, -0.25) is 0 Å². The number of diazo groups is 1. The van der Waals surface area contributed by atoms with E-state index in [0.29, 0.717) is 11.4 Å². The van der Waals surface area contributed by atoms with Crippen molar-refractivity contribution in [3.05, 3.63) is 41.4 Å². The van der Waals surface area contributed by atoms with E-state index in [2.05, 4.69) is 4.98 Å². The van der Waals surface area contributed by atoms with Crippen molar-refractivity contribution in [3.8, 4) is 5.75 Å². The second kappa shape index (κ2) is 3.49. The molecule has 0 N–H and O–H groups in total. The highest BCUT2D eigenvalue weighted by Gasteiger charge is 2.19. The van der Waals surface area contributed by atoms with Crippen molar-refractivity contribution >= 4 is 27.6 Å². The number of fused-ring (bicyclic) bond motifs is 3. The Morgan fingerprint density at radius 3 is 2.71 bits per heavy atom. The molecule has 1 aromatic heterocycles. The van der Waals surface area contributed by atoms with Crippen LogP contribution in [0.25, 0.3) is 26.9 Å². The average molecular weight is 225 g/mol. The van der Waals surface area contributed by atoms with E-state index in [0.717, 1.165) is 21.9 Å². The number of rotatable bonds is 1. The van der Waals surface area contributed by atoms with Gasteiger partial charge in [0.15, 0.2) is 4.98 Å². The summed E-state index contributed by atoms with van der Waals surface area (Å²) in [5.74, 6) is 0.485. The Labute approximate surface area is 97.0 Å². The number of ether oxygens (including phenoxy) is 1. The van der Waals surface area contributed by atoms with Crippen LogP contribution in [0, 0.1) is 5.39 Å². The summed E-state index contributed by atoms with van der Waals surface area (Å²) < 4.78 is 10.8. The molecule has 3 rings (SSSR count). The summed E-state index contributed by atoms with van der Waals surface area (Å²) in [5, 5.41) is 10.8. The number of nitrogens with zero attached hydrogens (tertiary/aromatic N) is 2. The Balaban J connectivity index is 2.47. The molecule has 0 amide bonds. The zero-order valence-corrected chi connectivity index (χ0v) is 9.18. The van der Waals surface area contributed by atoms with Crippen LogP contribution in [0.4, 0.5) is 5.69 Å². The van der Waals surface area contributed by atoms with E-state index in [4.69, 9.17) is 14.5 Å². The Kier molecular flexibility index (Phi) is 1.99. The first-order valence-corrected chi connectivity index (χ1v) is 5.18. The molecule has 0 atom stereocenters. The van der Waals surface area contributed by atoms with Crippen molar-refractivity contribution in [2.75, 3.05) is 7.11 Å². The molecule has 0 radical (unpaired) electrons. The molecule has 82 valence electrons. The molecule has 0 aliphatic heterocycles. The lowest BCUT2D eigenvalue weighted by Gasteiger charge is -1.94. The smallest absolute Gasteiger partial charge is 0.427 e. The Hall–Kier alpha value is -2.54. The molecule has 4 nitrogen and oxygen atoms in total. The third-order valence-electron chi connectivity index (χ3n) is 2.79. The van der Waals surface area contributed by atoms with Crippen molar-refractivity contribution < 1.29 is 9.15 Å². The van der Waals surface area contributed by atoms with Gasteiger partial charge in [0.25, 0.3) is 0 Å². The van der Waals surface area contributed by atoms with Crippen LogP contribution >= 0.6 is 0 Å². The summed E-state index contributed by atoms with van der Waals surface area (Å²) in [6, 6.07) is 11.2. The first kappa shape index (κ1) is 9.67. The van der Waals surface area contributed by atoms with Gasteiger partial charge in [0.2, 0.25) is 11.1 Å². The molecule has 0 aliphatic carbocycles. The summed E-state index contributed by atoms with van der Waals surface area (Å²) in [5.41, 5.74) is 1.92. The molecule has 2 aromatic carbocycles. The standard InChI is InChI=1S/C13H9N2O2/c1-16-13-7-12-9(6-10(13)15-14)8-4-2-3-5-11(8)17-12/h2-7H,1H3/q+1. The van der Waals surface area contributed by atoms with Gasteiger partial charge in [0, 0.05) is 22.9 Å². The third-order valence-corrected chi connectivity index (χ3v) is 2.79. The molecule has 0 saturated heterocycles. The minimum absolute atomic E-state index is 0.395. The third kappa shape index (κ3) is 1.33. The van der Waals surface area contributed by atoms with Crippen LogP contribution in [-0.2, 0) is 0 Å². The Bertz CT molecular complexity index is 753. The van der Waals surface area contributed by atoms with Crippen molar-refractivity contribution in [2.45, 2.75) is 0 Å². The molecular weight excluding hydrogens is 216 g/mol. The van der Waals surface area contributed by atoms with Crippen LogP contribution in [-0.4, -0.2) is 7.11 Å². The number of benzene rings is 2. The zero-order chi connectivity index (χ0) is 11.8. The highest BCUT2D eigenvalue weighted by atomic mass is 16.5. The Morgan fingerprint density at radius 2 is 1.94 bits per heavy atom. The largest absolute Gasteiger partial charge is 0.489 e. The van der Waals surface area contributed by atoms with Gasteiger partial charge in [-0.25, -0.2) is 0 Å². The highest BCUT2D eigenvalue weighted by molar-refractivity contribution is 6.06. The fraction of sp³-hybridized carbons (Fsp3) is 0.0769. The van der Waals surface area contributed by atoms with Gasteiger partial charge in [-0.15, -0.1) is 0 Å². The zero-order valence-electron chi connectivity index (χ0n) is 9.18. The van der Waals surface area contributed by atoms with Crippen molar-refractivity contribution in [1.29, 1.82) is 5.39 Å².